The van der Waals surface area contributed by atoms with Crippen LogP contribution in [-0.2, 0) is 6.54 Å². The number of aromatic amines is 1. The highest BCUT2D eigenvalue weighted by atomic mass is 32.1. The van der Waals surface area contributed by atoms with Crippen LogP contribution in [0.25, 0.3) is 11.2 Å². The molecule has 0 aliphatic heterocycles. The van der Waals surface area contributed by atoms with Crippen LogP contribution in [0.15, 0.2) is 12.3 Å². The average molecular weight is 275 g/mol. The van der Waals surface area contributed by atoms with Gasteiger partial charge in [-0.25, -0.2) is 4.98 Å². The molecule has 1 N–H and O–H groups in total. The zero-order valence-electron chi connectivity index (χ0n) is 11.7. The topological polar surface area (TPSA) is 33.6 Å². The molecule has 2 heterocycles. The van der Waals surface area contributed by atoms with Crippen LogP contribution in [0.3, 0.4) is 0 Å². The second kappa shape index (κ2) is 4.75. The lowest BCUT2D eigenvalue weighted by molar-refractivity contribution is 0.184. The number of imidazole rings is 1. The zero-order chi connectivity index (χ0) is 13.5. The van der Waals surface area contributed by atoms with Crippen LogP contribution in [0.5, 0.6) is 0 Å². The third-order valence-corrected chi connectivity index (χ3v) is 4.79. The number of hydrogen-bond donors (Lipinski definition) is 1. The first-order chi connectivity index (χ1) is 9.09. The Balaban J connectivity index is 2.03. The molecule has 2 aromatic rings. The summed E-state index contributed by atoms with van der Waals surface area (Å²) >= 11 is 5.50. The van der Waals surface area contributed by atoms with Gasteiger partial charge in [0.25, 0.3) is 0 Å². The van der Waals surface area contributed by atoms with Crippen molar-refractivity contribution in [3.63, 3.8) is 0 Å². The van der Waals surface area contributed by atoms with E-state index in [9.17, 15) is 0 Å². The van der Waals surface area contributed by atoms with E-state index >= 15 is 0 Å². The molecule has 0 radical (unpaired) electrons. The molecule has 1 saturated carbocycles. The highest BCUT2D eigenvalue weighted by molar-refractivity contribution is 7.71. The van der Waals surface area contributed by atoms with Crippen molar-refractivity contribution in [2.45, 2.75) is 52.5 Å². The van der Waals surface area contributed by atoms with Gasteiger partial charge in [0.05, 0.1) is 5.52 Å². The SMILES string of the molecule is Cc1ccnc2c1[nH]c(=S)n2CC1(C)CCCCC1. The molecular weight excluding hydrogens is 254 g/mol. The lowest BCUT2D eigenvalue weighted by Gasteiger charge is -2.33. The van der Waals surface area contributed by atoms with Crippen molar-refractivity contribution in [3.8, 4) is 0 Å². The Hall–Kier alpha value is -1.16. The van der Waals surface area contributed by atoms with E-state index in [0.29, 0.717) is 5.41 Å². The summed E-state index contributed by atoms with van der Waals surface area (Å²) in [4.78, 5) is 7.84. The molecule has 0 bridgehead atoms. The van der Waals surface area contributed by atoms with Crippen LogP contribution in [0.1, 0.15) is 44.6 Å². The number of hydrogen-bond acceptors (Lipinski definition) is 2. The van der Waals surface area contributed by atoms with Gasteiger partial charge in [0.1, 0.15) is 0 Å². The molecule has 0 atom stereocenters. The van der Waals surface area contributed by atoms with Crippen LogP contribution < -0.4 is 0 Å². The summed E-state index contributed by atoms with van der Waals surface area (Å²) < 4.78 is 3.01. The van der Waals surface area contributed by atoms with Gasteiger partial charge in [-0.3, -0.25) is 0 Å². The van der Waals surface area contributed by atoms with Gasteiger partial charge in [0, 0.05) is 12.7 Å². The molecule has 3 nitrogen and oxygen atoms in total. The maximum absolute atomic E-state index is 5.50. The third kappa shape index (κ3) is 2.34. The Morgan fingerprint density at radius 1 is 1.37 bits per heavy atom. The van der Waals surface area contributed by atoms with Crippen molar-refractivity contribution in [2.75, 3.05) is 0 Å². The van der Waals surface area contributed by atoms with Crippen LogP contribution in [0.2, 0.25) is 0 Å². The number of aromatic nitrogens is 3. The summed E-state index contributed by atoms with van der Waals surface area (Å²) in [5.74, 6) is 0. The van der Waals surface area contributed by atoms with Crippen molar-refractivity contribution in [3.05, 3.63) is 22.6 Å². The number of nitrogens with zero attached hydrogens (tertiary/aromatic N) is 2. The van der Waals surface area contributed by atoms with Gasteiger partial charge in [-0.05, 0) is 49.0 Å². The molecule has 1 aliphatic rings. The molecule has 4 heteroatoms. The first-order valence-electron chi connectivity index (χ1n) is 7.13. The van der Waals surface area contributed by atoms with Crippen molar-refractivity contribution in [2.24, 2.45) is 5.41 Å². The Bertz CT molecular complexity index is 647. The zero-order valence-corrected chi connectivity index (χ0v) is 12.5. The third-order valence-electron chi connectivity index (χ3n) is 4.47. The molecule has 1 aliphatic carbocycles. The maximum Gasteiger partial charge on any atom is 0.179 e. The fraction of sp³-hybridized carbons (Fsp3) is 0.600. The molecule has 0 amide bonds. The molecule has 1 fully saturated rings. The van der Waals surface area contributed by atoms with E-state index in [2.05, 4.69) is 28.4 Å². The second-order valence-corrected chi connectivity index (χ2v) is 6.60. The first-order valence-corrected chi connectivity index (χ1v) is 7.54. The average Bonchev–Trinajstić information content (AvgIpc) is 2.69. The maximum atomic E-state index is 5.50. The molecule has 19 heavy (non-hydrogen) atoms. The van der Waals surface area contributed by atoms with E-state index in [1.165, 1.54) is 37.7 Å². The number of fused-ring (bicyclic) bond motifs is 1. The molecular formula is C15H21N3S. The van der Waals surface area contributed by atoms with E-state index in [1.54, 1.807) is 0 Å². The van der Waals surface area contributed by atoms with Crippen LogP contribution >= 0.6 is 12.2 Å². The lowest BCUT2D eigenvalue weighted by Crippen LogP contribution is -2.26. The highest BCUT2D eigenvalue weighted by Crippen LogP contribution is 2.37. The van der Waals surface area contributed by atoms with Gasteiger partial charge in [0.2, 0.25) is 0 Å². The normalized spacial score (nSPS) is 18.8. The largest absolute Gasteiger partial charge is 0.329 e. The minimum Gasteiger partial charge on any atom is -0.329 e. The van der Waals surface area contributed by atoms with Gasteiger partial charge in [-0.15, -0.1) is 0 Å². The predicted octanol–water partition coefficient (Wildman–Crippen LogP) is 4.37. The summed E-state index contributed by atoms with van der Waals surface area (Å²) in [6.07, 6.45) is 8.55. The standard InChI is InChI=1S/C15H21N3S/c1-11-6-9-16-13-12(11)17-14(19)18(13)10-15(2)7-4-3-5-8-15/h6,9H,3-5,7-8,10H2,1-2H3,(H,17,19). The molecule has 0 unspecified atom stereocenters. The van der Waals surface area contributed by atoms with E-state index in [1.807, 2.05) is 12.3 Å². The fourth-order valence-corrected chi connectivity index (χ4v) is 3.52. The molecule has 3 rings (SSSR count). The monoisotopic (exact) mass is 275 g/mol. The number of rotatable bonds is 2. The summed E-state index contributed by atoms with van der Waals surface area (Å²) in [6, 6.07) is 2.03. The first kappa shape index (κ1) is 12.9. The van der Waals surface area contributed by atoms with Crippen LogP contribution in [-0.4, -0.2) is 14.5 Å². The lowest BCUT2D eigenvalue weighted by atomic mass is 9.75. The number of aryl methyl sites for hydroxylation is 1. The highest BCUT2D eigenvalue weighted by Gasteiger charge is 2.28. The number of H-pyrrole nitrogens is 1. The predicted molar refractivity (Wildman–Crippen MR) is 80.8 cm³/mol. The van der Waals surface area contributed by atoms with E-state index in [4.69, 9.17) is 12.2 Å². The Labute approximate surface area is 119 Å². The Morgan fingerprint density at radius 2 is 2.11 bits per heavy atom. The van der Waals surface area contributed by atoms with Gasteiger partial charge < -0.3 is 9.55 Å². The quantitative estimate of drug-likeness (QED) is 0.826. The molecule has 0 aromatic carbocycles. The number of pyridine rings is 1. The smallest absolute Gasteiger partial charge is 0.179 e. The van der Waals surface area contributed by atoms with Gasteiger partial charge in [-0.1, -0.05) is 26.2 Å². The summed E-state index contributed by atoms with van der Waals surface area (Å²) in [6.45, 7) is 5.48. The van der Waals surface area contributed by atoms with E-state index in [0.717, 1.165) is 22.5 Å². The Morgan fingerprint density at radius 3 is 2.84 bits per heavy atom. The van der Waals surface area contributed by atoms with Gasteiger partial charge in [0.15, 0.2) is 10.4 Å². The summed E-state index contributed by atoms with van der Waals surface area (Å²) in [7, 11) is 0. The van der Waals surface area contributed by atoms with E-state index in [-0.39, 0.29) is 0 Å². The van der Waals surface area contributed by atoms with Crippen LogP contribution in [0.4, 0.5) is 0 Å². The van der Waals surface area contributed by atoms with Gasteiger partial charge in [-0.2, -0.15) is 0 Å². The minimum absolute atomic E-state index is 0.372. The summed E-state index contributed by atoms with van der Waals surface area (Å²) in [5, 5.41) is 0. The summed E-state index contributed by atoms with van der Waals surface area (Å²) in [5.41, 5.74) is 3.68. The van der Waals surface area contributed by atoms with Gasteiger partial charge >= 0.3 is 0 Å². The Kier molecular flexibility index (Phi) is 3.21. The molecule has 0 saturated heterocycles. The van der Waals surface area contributed by atoms with E-state index < -0.39 is 0 Å². The van der Waals surface area contributed by atoms with Crippen molar-refractivity contribution in [1.82, 2.24) is 14.5 Å². The fourth-order valence-electron chi connectivity index (χ4n) is 3.27. The van der Waals surface area contributed by atoms with Crippen molar-refractivity contribution in [1.29, 1.82) is 0 Å². The van der Waals surface area contributed by atoms with Crippen LogP contribution in [0, 0.1) is 17.1 Å². The molecule has 2 aromatic heterocycles. The minimum atomic E-state index is 0.372. The van der Waals surface area contributed by atoms with Crippen molar-refractivity contribution < 1.29 is 0 Å². The molecule has 0 spiro atoms. The molecule has 102 valence electrons. The second-order valence-electron chi connectivity index (χ2n) is 6.21. The number of nitrogens with one attached hydrogen (secondary N) is 1. The van der Waals surface area contributed by atoms with Crippen molar-refractivity contribution >= 4 is 23.4 Å².